The summed E-state index contributed by atoms with van der Waals surface area (Å²) in [5, 5.41) is 3.29. The first-order valence-corrected chi connectivity index (χ1v) is 6.41. The second-order valence-electron chi connectivity index (χ2n) is 4.75. The maximum Gasteiger partial charge on any atom is 0.231 e. The van der Waals surface area contributed by atoms with Crippen LogP contribution in [0.3, 0.4) is 0 Å². The van der Waals surface area contributed by atoms with Crippen LogP contribution in [-0.4, -0.2) is 16.8 Å². The summed E-state index contributed by atoms with van der Waals surface area (Å²) in [6, 6.07) is 11.8. The summed E-state index contributed by atoms with van der Waals surface area (Å²) in [5.41, 5.74) is 3.98. The molecule has 2 heterocycles. The van der Waals surface area contributed by atoms with Gasteiger partial charge in [-0.2, -0.15) is 0 Å². The van der Waals surface area contributed by atoms with E-state index < -0.39 is 0 Å². The summed E-state index contributed by atoms with van der Waals surface area (Å²) in [5.74, 6) is 2.26. The van der Waals surface area contributed by atoms with Gasteiger partial charge in [-0.15, -0.1) is 0 Å². The van der Waals surface area contributed by atoms with Crippen molar-refractivity contribution in [1.29, 1.82) is 0 Å². The monoisotopic (exact) mass is 267 g/mol. The van der Waals surface area contributed by atoms with E-state index in [-0.39, 0.29) is 6.79 Å². The van der Waals surface area contributed by atoms with Gasteiger partial charge in [0.05, 0.1) is 11.0 Å². The fraction of sp³-hybridized carbons (Fsp3) is 0.133. The SMILES string of the molecule is Cc1cc2c(cc1Nc1nc3ccccc3[nH]1)OCO2. The van der Waals surface area contributed by atoms with Gasteiger partial charge in [-0.3, -0.25) is 0 Å². The summed E-state index contributed by atoms with van der Waals surface area (Å²) in [6.07, 6.45) is 0. The van der Waals surface area contributed by atoms with E-state index in [1.807, 2.05) is 43.3 Å². The van der Waals surface area contributed by atoms with Gasteiger partial charge in [0.2, 0.25) is 12.7 Å². The van der Waals surface area contributed by atoms with Crippen molar-refractivity contribution in [1.82, 2.24) is 9.97 Å². The lowest BCUT2D eigenvalue weighted by Crippen LogP contribution is -1.95. The maximum absolute atomic E-state index is 5.40. The van der Waals surface area contributed by atoms with Gasteiger partial charge >= 0.3 is 0 Å². The molecule has 0 fully saturated rings. The number of aryl methyl sites for hydroxylation is 1. The molecule has 5 heteroatoms. The van der Waals surface area contributed by atoms with Gasteiger partial charge in [0.25, 0.3) is 0 Å². The maximum atomic E-state index is 5.40. The average molecular weight is 267 g/mol. The van der Waals surface area contributed by atoms with Gasteiger partial charge < -0.3 is 19.8 Å². The lowest BCUT2D eigenvalue weighted by molar-refractivity contribution is 0.174. The predicted octanol–water partition coefficient (Wildman–Crippen LogP) is 3.34. The molecule has 3 aromatic rings. The number of anilines is 2. The highest BCUT2D eigenvalue weighted by Crippen LogP contribution is 2.37. The second-order valence-corrected chi connectivity index (χ2v) is 4.75. The highest BCUT2D eigenvalue weighted by molar-refractivity contribution is 5.78. The number of ether oxygens (including phenoxy) is 2. The van der Waals surface area contributed by atoms with E-state index in [1.54, 1.807) is 0 Å². The summed E-state index contributed by atoms with van der Waals surface area (Å²) in [4.78, 5) is 7.75. The van der Waals surface area contributed by atoms with E-state index >= 15 is 0 Å². The van der Waals surface area contributed by atoms with Crippen molar-refractivity contribution in [3.63, 3.8) is 0 Å². The van der Waals surface area contributed by atoms with Gasteiger partial charge in [-0.1, -0.05) is 12.1 Å². The largest absolute Gasteiger partial charge is 0.454 e. The molecule has 100 valence electrons. The summed E-state index contributed by atoms with van der Waals surface area (Å²) < 4.78 is 10.8. The number of rotatable bonds is 2. The highest BCUT2D eigenvalue weighted by Gasteiger charge is 2.16. The van der Waals surface area contributed by atoms with Gasteiger partial charge in [-0.05, 0) is 30.7 Å². The first kappa shape index (κ1) is 11.2. The summed E-state index contributed by atoms with van der Waals surface area (Å²) in [7, 11) is 0. The van der Waals surface area contributed by atoms with E-state index in [2.05, 4.69) is 15.3 Å². The van der Waals surface area contributed by atoms with Gasteiger partial charge in [0.15, 0.2) is 11.5 Å². The first-order valence-electron chi connectivity index (χ1n) is 6.41. The third kappa shape index (κ3) is 1.75. The molecule has 20 heavy (non-hydrogen) atoms. The molecule has 1 aliphatic heterocycles. The van der Waals surface area contributed by atoms with E-state index in [0.29, 0.717) is 5.95 Å². The Morgan fingerprint density at radius 3 is 2.80 bits per heavy atom. The zero-order chi connectivity index (χ0) is 13.5. The standard InChI is InChI=1S/C15H13N3O2/c1-9-6-13-14(20-8-19-13)7-12(9)18-15-16-10-4-2-3-5-11(10)17-15/h2-7H,8H2,1H3,(H2,16,17,18). The predicted molar refractivity (Wildman–Crippen MR) is 76.7 cm³/mol. The third-order valence-corrected chi connectivity index (χ3v) is 3.36. The van der Waals surface area contributed by atoms with Crippen LogP contribution in [-0.2, 0) is 0 Å². The average Bonchev–Trinajstić information content (AvgIpc) is 3.04. The fourth-order valence-corrected chi connectivity index (χ4v) is 2.32. The van der Waals surface area contributed by atoms with Crippen LogP contribution in [0.2, 0.25) is 0 Å². The van der Waals surface area contributed by atoms with Crippen LogP contribution in [0, 0.1) is 6.92 Å². The quantitative estimate of drug-likeness (QED) is 0.747. The molecule has 0 aliphatic carbocycles. The Balaban J connectivity index is 1.71. The van der Waals surface area contributed by atoms with Gasteiger partial charge in [0, 0.05) is 11.8 Å². The molecule has 2 aromatic carbocycles. The molecular weight excluding hydrogens is 254 g/mol. The Morgan fingerprint density at radius 2 is 1.95 bits per heavy atom. The minimum atomic E-state index is 0.281. The molecule has 0 spiro atoms. The Labute approximate surface area is 115 Å². The minimum absolute atomic E-state index is 0.281. The molecular formula is C15H13N3O2. The molecule has 2 N–H and O–H groups in total. The van der Waals surface area contributed by atoms with Crippen LogP contribution in [0.5, 0.6) is 11.5 Å². The molecule has 1 aromatic heterocycles. The van der Waals surface area contributed by atoms with Crippen molar-refractivity contribution >= 4 is 22.7 Å². The Kier molecular flexibility index (Phi) is 2.32. The van der Waals surface area contributed by atoms with Crippen LogP contribution in [0.4, 0.5) is 11.6 Å². The van der Waals surface area contributed by atoms with Crippen LogP contribution >= 0.6 is 0 Å². The van der Waals surface area contributed by atoms with E-state index in [0.717, 1.165) is 33.8 Å². The molecule has 0 atom stereocenters. The van der Waals surface area contributed by atoms with Gasteiger partial charge in [0.1, 0.15) is 0 Å². The summed E-state index contributed by atoms with van der Waals surface area (Å²) in [6.45, 7) is 2.30. The number of hydrogen-bond acceptors (Lipinski definition) is 4. The molecule has 4 rings (SSSR count). The Bertz CT molecular complexity index is 762. The summed E-state index contributed by atoms with van der Waals surface area (Å²) >= 11 is 0. The lowest BCUT2D eigenvalue weighted by atomic mass is 10.2. The number of fused-ring (bicyclic) bond motifs is 2. The number of nitrogens with zero attached hydrogens (tertiary/aromatic N) is 1. The molecule has 1 aliphatic rings. The van der Waals surface area contributed by atoms with Crippen LogP contribution in [0.1, 0.15) is 5.56 Å². The van der Waals surface area contributed by atoms with Crippen molar-refractivity contribution in [2.45, 2.75) is 6.92 Å². The van der Waals surface area contributed by atoms with Crippen molar-refractivity contribution in [3.8, 4) is 11.5 Å². The molecule has 0 saturated heterocycles. The number of nitrogens with one attached hydrogen (secondary N) is 2. The number of aromatic nitrogens is 2. The Morgan fingerprint density at radius 1 is 1.15 bits per heavy atom. The third-order valence-electron chi connectivity index (χ3n) is 3.36. The van der Waals surface area contributed by atoms with Crippen LogP contribution < -0.4 is 14.8 Å². The zero-order valence-corrected chi connectivity index (χ0v) is 10.9. The van der Waals surface area contributed by atoms with E-state index in [9.17, 15) is 0 Å². The van der Waals surface area contributed by atoms with Crippen LogP contribution in [0.25, 0.3) is 11.0 Å². The van der Waals surface area contributed by atoms with Gasteiger partial charge in [-0.25, -0.2) is 4.98 Å². The molecule has 0 amide bonds. The molecule has 0 saturated carbocycles. The van der Waals surface area contributed by atoms with Crippen molar-refractivity contribution in [2.24, 2.45) is 0 Å². The van der Waals surface area contributed by atoms with Crippen molar-refractivity contribution in [3.05, 3.63) is 42.0 Å². The van der Waals surface area contributed by atoms with Crippen molar-refractivity contribution < 1.29 is 9.47 Å². The Hall–Kier alpha value is -2.69. The fourth-order valence-electron chi connectivity index (χ4n) is 2.32. The number of benzene rings is 2. The lowest BCUT2D eigenvalue weighted by Gasteiger charge is -2.08. The van der Waals surface area contributed by atoms with Crippen molar-refractivity contribution in [2.75, 3.05) is 12.1 Å². The molecule has 0 radical (unpaired) electrons. The number of aromatic amines is 1. The number of para-hydroxylation sites is 2. The smallest absolute Gasteiger partial charge is 0.231 e. The normalized spacial score (nSPS) is 12.8. The number of hydrogen-bond donors (Lipinski definition) is 2. The highest BCUT2D eigenvalue weighted by atomic mass is 16.7. The molecule has 5 nitrogen and oxygen atoms in total. The molecule has 0 unspecified atom stereocenters. The number of H-pyrrole nitrogens is 1. The second kappa shape index (κ2) is 4.16. The minimum Gasteiger partial charge on any atom is -0.454 e. The van der Waals surface area contributed by atoms with Crippen LogP contribution in [0.15, 0.2) is 36.4 Å². The van der Waals surface area contributed by atoms with E-state index in [1.165, 1.54) is 0 Å². The van der Waals surface area contributed by atoms with E-state index in [4.69, 9.17) is 9.47 Å². The zero-order valence-electron chi connectivity index (χ0n) is 10.9. The first-order chi connectivity index (χ1) is 9.79. The topological polar surface area (TPSA) is 59.2 Å². The molecule has 0 bridgehead atoms. The number of imidazole rings is 1.